The van der Waals surface area contributed by atoms with Crippen molar-refractivity contribution in [2.75, 3.05) is 11.9 Å². The van der Waals surface area contributed by atoms with Crippen LogP contribution in [-0.4, -0.2) is 16.5 Å². The molecule has 0 bridgehead atoms. The van der Waals surface area contributed by atoms with Gasteiger partial charge in [0.15, 0.2) is 0 Å². The molecule has 0 amide bonds. The average Bonchev–Trinajstić information content (AvgIpc) is 2.99. The van der Waals surface area contributed by atoms with Gasteiger partial charge in [-0.2, -0.15) is 5.26 Å². The van der Waals surface area contributed by atoms with Crippen LogP contribution in [0.2, 0.25) is 0 Å². The summed E-state index contributed by atoms with van der Waals surface area (Å²) in [7, 11) is 0. The Hall–Kier alpha value is -1.63. The standard InChI is InChI=1S/C9H10N4/c10-5-8-3-4-11-9(13-8)12-6-7-1-2-7/h3-4,7H,1-2,6H2,(H,11,12,13). The second-order valence-electron chi connectivity index (χ2n) is 3.20. The van der Waals surface area contributed by atoms with Gasteiger partial charge < -0.3 is 5.32 Å². The summed E-state index contributed by atoms with van der Waals surface area (Å²) in [5, 5.41) is 11.7. The molecule has 0 spiro atoms. The molecule has 13 heavy (non-hydrogen) atoms. The monoisotopic (exact) mass is 174 g/mol. The van der Waals surface area contributed by atoms with Gasteiger partial charge in [0.2, 0.25) is 5.95 Å². The fourth-order valence-corrected chi connectivity index (χ4v) is 1.06. The molecule has 0 atom stereocenters. The molecule has 0 unspecified atom stereocenters. The summed E-state index contributed by atoms with van der Waals surface area (Å²) < 4.78 is 0. The third-order valence-corrected chi connectivity index (χ3v) is 2.02. The molecule has 4 nitrogen and oxygen atoms in total. The predicted octanol–water partition coefficient (Wildman–Crippen LogP) is 1.17. The van der Waals surface area contributed by atoms with Gasteiger partial charge in [0, 0.05) is 12.7 Å². The number of anilines is 1. The molecule has 0 radical (unpaired) electrons. The number of nitriles is 1. The van der Waals surface area contributed by atoms with Crippen molar-refractivity contribution in [3.05, 3.63) is 18.0 Å². The lowest BCUT2D eigenvalue weighted by Gasteiger charge is -2.01. The summed E-state index contributed by atoms with van der Waals surface area (Å²) >= 11 is 0. The van der Waals surface area contributed by atoms with Gasteiger partial charge in [-0.25, -0.2) is 9.97 Å². The highest BCUT2D eigenvalue weighted by molar-refractivity contribution is 5.30. The lowest BCUT2D eigenvalue weighted by molar-refractivity contribution is 0.872. The van der Waals surface area contributed by atoms with Gasteiger partial charge in [-0.15, -0.1) is 0 Å². The number of nitrogens with one attached hydrogen (secondary N) is 1. The van der Waals surface area contributed by atoms with Gasteiger partial charge in [-0.3, -0.25) is 0 Å². The molecule has 1 aromatic rings. The number of aromatic nitrogens is 2. The molecule has 66 valence electrons. The lowest BCUT2D eigenvalue weighted by atomic mass is 10.4. The van der Waals surface area contributed by atoms with Crippen LogP contribution >= 0.6 is 0 Å². The summed E-state index contributed by atoms with van der Waals surface area (Å²) in [6, 6.07) is 3.58. The molecule has 1 saturated carbocycles. The molecule has 4 heteroatoms. The summed E-state index contributed by atoms with van der Waals surface area (Å²) in [6.07, 6.45) is 4.19. The highest BCUT2D eigenvalue weighted by Gasteiger charge is 2.20. The fourth-order valence-electron chi connectivity index (χ4n) is 1.06. The van der Waals surface area contributed by atoms with Crippen LogP contribution in [0.4, 0.5) is 5.95 Å². The molecular weight excluding hydrogens is 164 g/mol. The van der Waals surface area contributed by atoms with Gasteiger partial charge in [-0.05, 0) is 24.8 Å². The van der Waals surface area contributed by atoms with Crippen molar-refractivity contribution in [1.82, 2.24) is 9.97 Å². The predicted molar refractivity (Wildman–Crippen MR) is 48.0 cm³/mol. The van der Waals surface area contributed by atoms with Crippen molar-refractivity contribution in [1.29, 1.82) is 5.26 Å². The molecule has 0 saturated heterocycles. The number of nitrogens with zero attached hydrogens (tertiary/aromatic N) is 3. The molecule has 0 aliphatic heterocycles. The third-order valence-electron chi connectivity index (χ3n) is 2.02. The molecule has 1 fully saturated rings. The quantitative estimate of drug-likeness (QED) is 0.747. The molecule has 0 aromatic carbocycles. The van der Waals surface area contributed by atoms with Gasteiger partial charge >= 0.3 is 0 Å². The first-order valence-electron chi connectivity index (χ1n) is 4.35. The first-order valence-corrected chi connectivity index (χ1v) is 4.35. The van der Waals surface area contributed by atoms with Crippen LogP contribution < -0.4 is 5.32 Å². The number of hydrogen-bond donors (Lipinski definition) is 1. The topological polar surface area (TPSA) is 61.6 Å². The minimum Gasteiger partial charge on any atom is -0.354 e. The molecule has 1 aromatic heterocycles. The second-order valence-corrected chi connectivity index (χ2v) is 3.20. The van der Waals surface area contributed by atoms with E-state index in [1.165, 1.54) is 12.8 Å². The van der Waals surface area contributed by atoms with E-state index in [-0.39, 0.29) is 0 Å². The lowest BCUT2D eigenvalue weighted by Crippen LogP contribution is -2.06. The summed E-state index contributed by atoms with van der Waals surface area (Å²) in [6.45, 7) is 0.925. The Bertz CT molecular complexity index is 338. The Morgan fingerprint density at radius 3 is 3.15 bits per heavy atom. The van der Waals surface area contributed by atoms with Gasteiger partial charge in [0.1, 0.15) is 11.8 Å². The highest BCUT2D eigenvalue weighted by atomic mass is 15.1. The van der Waals surface area contributed by atoms with Crippen LogP contribution in [0.3, 0.4) is 0 Å². The zero-order chi connectivity index (χ0) is 9.10. The van der Waals surface area contributed by atoms with E-state index in [0.29, 0.717) is 11.6 Å². The fraction of sp³-hybridized carbons (Fsp3) is 0.444. The van der Waals surface area contributed by atoms with E-state index < -0.39 is 0 Å². The van der Waals surface area contributed by atoms with Crippen LogP contribution in [0.15, 0.2) is 12.3 Å². The van der Waals surface area contributed by atoms with Crippen molar-refractivity contribution >= 4 is 5.95 Å². The van der Waals surface area contributed by atoms with Crippen molar-refractivity contribution in [2.45, 2.75) is 12.8 Å². The number of hydrogen-bond acceptors (Lipinski definition) is 4. The van der Waals surface area contributed by atoms with Crippen LogP contribution in [-0.2, 0) is 0 Å². The Balaban J connectivity index is 1.98. The van der Waals surface area contributed by atoms with E-state index in [0.717, 1.165) is 12.5 Å². The zero-order valence-corrected chi connectivity index (χ0v) is 7.20. The van der Waals surface area contributed by atoms with E-state index >= 15 is 0 Å². The molecule has 1 heterocycles. The normalized spacial score (nSPS) is 15.0. The Labute approximate surface area is 76.6 Å². The van der Waals surface area contributed by atoms with E-state index in [9.17, 15) is 0 Å². The summed E-state index contributed by atoms with van der Waals surface area (Å²) in [5.41, 5.74) is 0.410. The maximum atomic E-state index is 8.58. The Morgan fingerprint density at radius 2 is 2.46 bits per heavy atom. The van der Waals surface area contributed by atoms with E-state index in [1.54, 1.807) is 12.3 Å². The summed E-state index contributed by atoms with van der Waals surface area (Å²) in [5.74, 6) is 1.35. The molecule has 2 rings (SSSR count). The molecular formula is C9H10N4. The SMILES string of the molecule is N#Cc1ccnc(NCC2CC2)n1. The van der Waals surface area contributed by atoms with Gasteiger partial charge in [0.25, 0.3) is 0 Å². The largest absolute Gasteiger partial charge is 0.354 e. The van der Waals surface area contributed by atoms with Crippen LogP contribution in [0.1, 0.15) is 18.5 Å². The molecule has 1 aliphatic rings. The maximum absolute atomic E-state index is 8.58. The minimum absolute atomic E-state index is 0.410. The zero-order valence-electron chi connectivity index (χ0n) is 7.20. The Kier molecular flexibility index (Phi) is 2.09. The van der Waals surface area contributed by atoms with Crippen molar-refractivity contribution in [3.8, 4) is 6.07 Å². The highest BCUT2D eigenvalue weighted by Crippen LogP contribution is 2.28. The number of rotatable bonds is 3. The second kappa shape index (κ2) is 3.40. The van der Waals surface area contributed by atoms with E-state index in [2.05, 4.69) is 15.3 Å². The smallest absolute Gasteiger partial charge is 0.223 e. The average molecular weight is 174 g/mol. The Morgan fingerprint density at radius 1 is 1.62 bits per heavy atom. The van der Waals surface area contributed by atoms with Gasteiger partial charge in [0.05, 0.1) is 0 Å². The van der Waals surface area contributed by atoms with Crippen LogP contribution in [0.25, 0.3) is 0 Å². The van der Waals surface area contributed by atoms with E-state index in [1.807, 2.05) is 6.07 Å². The first kappa shape index (κ1) is 7.99. The third kappa shape index (κ3) is 2.15. The molecule has 1 aliphatic carbocycles. The first-order chi connectivity index (χ1) is 6.38. The molecule has 1 N–H and O–H groups in total. The minimum atomic E-state index is 0.410. The van der Waals surface area contributed by atoms with Crippen molar-refractivity contribution < 1.29 is 0 Å². The van der Waals surface area contributed by atoms with Crippen molar-refractivity contribution in [2.24, 2.45) is 5.92 Å². The van der Waals surface area contributed by atoms with Crippen molar-refractivity contribution in [3.63, 3.8) is 0 Å². The van der Waals surface area contributed by atoms with Crippen LogP contribution in [0, 0.1) is 17.2 Å². The van der Waals surface area contributed by atoms with Crippen LogP contribution in [0.5, 0.6) is 0 Å². The van der Waals surface area contributed by atoms with Gasteiger partial charge in [-0.1, -0.05) is 0 Å². The summed E-state index contributed by atoms with van der Waals surface area (Å²) in [4.78, 5) is 8.02. The maximum Gasteiger partial charge on any atom is 0.223 e. The van der Waals surface area contributed by atoms with E-state index in [4.69, 9.17) is 5.26 Å².